The van der Waals surface area contributed by atoms with Gasteiger partial charge in [0.15, 0.2) is 5.78 Å². The molecule has 3 rings (SSSR count). The second kappa shape index (κ2) is 9.19. The van der Waals surface area contributed by atoms with E-state index in [2.05, 4.69) is 6.07 Å². The van der Waals surface area contributed by atoms with E-state index in [1.165, 1.54) is 47.4 Å². The highest BCUT2D eigenvalue weighted by atomic mass is 32.2. The van der Waals surface area contributed by atoms with Gasteiger partial charge in [-0.25, -0.2) is 12.7 Å². The summed E-state index contributed by atoms with van der Waals surface area (Å²) in [6.45, 7) is 2.47. The summed E-state index contributed by atoms with van der Waals surface area (Å²) < 4.78 is 26.7. The second-order valence-electron chi connectivity index (χ2n) is 7.27. The fourth-order valence-corrected chi connectivity index (χ4v) is 5.68. The lowest BCUT2D eigenvalue weighted by molar-refractivity contribution is -0.132. The van der Waals surface area contributed by atoms with Crippen LogP contribution in [0.1, 0.15) is 53.9 Å². The molecule has 8 heteroatoms. The largest absolute Gasteiger partial charge is 0.335 e. The molecule has 2 heterocycles. The first kappa shape index (κ1) is 21.7. The number of hydrogen-bond acceptors (Lipinski definition) is 5. The maximum absolute atomic E-state index is 12.7. The SMILES string of the molecule is CC(=O)c1ccc(S(=O)(=O)N(C)CCCC(=O)N2CCC[C@H]2c2cccs2)cc1. The topological polar surface area (TPSA) is 74.8 Å². The molecule has 1 saturated heterocycles. The number of thiophene rings is 1. The monoisotopic (exact) mass is 434 g/mol. The lowest BCUT2D eigenvalue weighted by atomic mass is 10.1. The van der Waals surface area contributed by atoms with E-state index in [1.807, 2.05) is 16.3 Å². The highest BCUT2D eigenvalue weighted by Gasteiger charge is 2.30. The molecule has 0 saturated carbocycles. The number of hydrogen-bond donors (Lipinski definition) is 0. The fraction of sp³-hybridized carbons (Fsp3) is 0.429. The third kappa shape index (κ3) is 4.94. The van der Waals surface area contributed by atoms with Gasteiger partial charge in [0.2, 0.25) is 15.9 Å². The highest BCUT2D eigenvalue weighted by Crippen LogP contribution is 2.34. The normalized spacial score (nSPS) is 17.1. The zero-order valence-electron chi connectivity index (χ0n) is 16.7. The summed E-state index contributed by atoms with van der Waals surface area (Å²) >= 11 is 1.67. The molecule has 0 spiro atoms. The first-order chi connectivity index (χ1) is 13.8. The molecule has 0 unspecified atom stereocenters. The van der Waals surface area contributed by atoms with Crippen LogP contribution in [0.4, 0.5) is 0 Å². The number of rotatable bonds is 8. The molecule has 1 fully saturated rings. The predicted octanol–water partition coefficient (Wildman–Crippen LogP) is 3.72. The predicted molar refractivity (Wildman–Crippen MR) is 114 cm³/mol. The van der Waals surface area contributed by atoms with Crippen LogP contribution >= 0.6 is 11.3 Å². The minimum atomic E-state index is -3.65. The molecule has 1 atom stereocenters. The Morgan fingerprint density at radius 3 is 2.55 bits per heavy atom. The van der Waals surface area contributed by atoms with Gasteiger partial charge in [0.25, 0.3) is 0 Å². The Morgan fingerprint density at radius 1 is 1.21 bits per heavy atom. The van der Waals surface area contributed by atoms with Crippen LogP contribution in [-0.2, 0) is 14.8 Å². The van der Waals surface area contributed by atoms with E-state index >= 15 is 0 Å². The van der Waals surface area contributed by atoms with Gasteiger partial charge < -0.3 is 4.90 Å². The maximum atomic E-state index is 12.7. The molecule has 1 aromatic heterocycles. The van der Waals surface area contributed by atoms with Gasteiger partial charge in [-0.05, 0) is 49.8 Å². The Bertz CT molecular complexity index is 953. The van der Waals surface area contributed by atoms with Gasteiger partial charge >= 0.3 is 0 Å². The number of carbonyl (C=O) groups is 2. The van der Waals surface area contributed by atoms with Gasteiger partial charge in [0, 0.05) is 37.0 Å². The quantitative estimate of drug-likeness (QED) is 0.594. The molecule has 1 aromatic carbocycles. The fourth-order valence-electron chi connectivity index (χ4n) is 3.60. The average Bonchev–Trinajstić information content (AvgIpc) is 3.39. The third-order valence-corrected chi connectivity index (χ3v) is 8.12. The number of ketones is 1. The molecule has 6 nitrogen and oxygen atoms in total. The zero-order valence-corrected chi connectivity index (χ0v) is 18.3. The molecular formula is C21H26N2O4S2. The van der Waals surface area contributed by atoms with E-state index in [0.29, 0.717) is 18.4 Å². The lowest BCUT2D eigenvalue weighted by Gasteiger charge is -2.24. The van der Waals surface area contributed by atoms with E-state index in [0.717, 1.165) is 19.4 Å². The van der Waals surface area contributed by atoms with Crippen molar-refractivity contribution in [2.75, 3.05) is 20.1 Å². The maximum Gasteiger partial charge on any atom is 0.242 e. The van der Waals surface area contributed by atoms with Crippen LogP contribution in [0.3, 0.4) is 0 Å². The van der Waals surface area contributed by atoms with Crippen molar-refractivity contribution in [3.8, 4) is 0 Å². The van der Waals surface area contributed by atoms with Crippen molar-refractivity contribution in [1.82, 2.24) is 9.21 Å². The van der Waals surface area contributed by atoms with Crippen molar-refractivity contribution < 1.29 is 18.0 Å². The van der Waals surface area contributed by atoms with Crippen LogP contribution in [0.2, 0.25) is 0 Å². The highest BCUT2D eigenvalue weighted by molar-refractivity contribution is 7.89. The molecule has 1 aliphatic rings. The minimum absolute atomic E-state index is 0.0810. The summed E-state index contributed by atoms with van der Waals surface area (Å²) in [4.78, 5) is 27.3. The summed E-state index contributed by atoms with van der Waals surface area (Å²) in [5, 5.41) is 2.03. The molecule has 0 radical (unpaired) electrons. The summed E-state index contributed by atoms with van der Waals surface area (Å²) in [6, 6.07) is 10.2. The van der Waals surface area contributed by atoms with E-state index in [1.54, 1.807) is 11.3 Å². The van der Waals surface area contributed by atoms with Crippen molar-refractivity contribution in [2.45, 2.75) is 43.5 Å². The van der Waals surface area contributed by atoms with Crippen molar-refractivity contribution in [1.29, 1.82) is 0 Å². The van der Waals surface area contributed by atoms with E-state index in [4.69, 9.17) is 0 Å². The Labute approximate surface area is 176 Å². The zero-order chi connectivity index (χ0) is 21.0. The van der Waals surface area contributed by atoms with Crippen molar-refractivity contribution in [3.63, 3.8) is 0 Å². The average molecular weight is 435 g/mol. The van der Waals surface area contributed by atoms with Gasteiger partial charge in [0.05, 0.1) is 10.9 Å². The summed E-state index contributed by atoms with van der Waals surface area (Å²) in [6.07, 6.45) is 2.77. The summed E-state index contributed by atoms with van der Waals surface area (Å²) in [7, 11) is -2.13. The van der Waals surface area contributed by atoms with Crippen LogP contribution < -0.4 is 0 Å². The number of benzene rings is 1. The number of amides is 1. The molecular weight excluding hydrogens is 408 g/mol. The Morgan fingerprint density at radius 2 is 1.93 bits per heavy atom. The molecule has 156 valence electrons. The molecule has 1 aliphatic heterocycles. The number of likely N-dealkylation sites (tertiary alicyclic amines) is 1. The van der Waals surface area contributed by atoms with E-state index < -0.39 is 10.0 Å². The van der Waals surface area contributed by atoms with Gasteiger partial charge in [-0.1, -0.05) is 18.2 Å². The molecule has 29 heavy (non-hydrogen) atoms. The number of sulfonamides is 1. The van der Waals surface area contributed by atoms with Crippen LogP contribution in [0, 0.1) is 0 Å². The second-order valence-corrected chi connectivity index (χ2v) is 10.3. The molecule has 0 bridgehead atoms. The molecule has 0 N–H and O–H groups in total. The van der Waals surface area contributed by atoms with Gasteiger partial charge in [-0.3, -0.25) is 9.59 Å². The Hall–Kier alpha value is -2.03. The van der Waals surface area contributed by atoms with Crippen LogP contribution in [0.5, 0.6) is 0 Å². The van der Waals surface area contributed by atoms with Crippen molar-refractivity contribution >= 4 is 33.1 Å². The third-order valence-electron chi connectivity index (χ3n) is 5.28. The van der Waals surface area contributed by atoms with E-state index in [-0.39, 0.29) is 29.2 Å². The molecule has 0 aliphatic carbocycles. The number of carbonyl (C=O) groups excluding carboxylic acids is 2. The minimum Gasteiger partial charge on any atom is -0.335 e. The smallest absolute Gasteiger partial charge is 0.242 e. The van der Waals surface area contributed by atoms with Gasteiger partial charge in [0.1, 0.15) is 0 Å². The number of nitrogens with zero attached hydrogens (tertiary/aromatic N) is 2. The van der Waals surface area contributed by atoms with Crippen molar-refractivity contribution in [2.24, 2.45) is 0 Å². The van der Waals surface area contributed by atoms with Crippen molar-refractivity contribution in [3.05, 3.63) is 52.2 Å². The molecule has 1 amide bonds. The first-order valence-corrected chi connectivity index (χ1v) is 12.0. The van der Waals surface area contributed by atoms with Crippen LogP contribution in [0.25, 0.3) is 0 Å². The summed E-state index contributed by atoms with van der Waals surface area (Å²) in [5.41, 5.74) is 0.475. The molecule has 2 aromatic rings. The Kier molecular flexibility index (Phi) is 6.87. The van der Waals surface area contributed by atoms with Crippen LogP contribution in [-0.4, -0.2) is 49.5 Å². The lowest BCUT2D eigenvalue weighted by Crippen LogP contribution is -2.32. The Balaban J connectivity index is 1.55. The van der Waals surface area contributed by atoms with Crippen LogP contribution in [0.15, 0.2) is 46.7 Å². The first-order valence-electron chi connectivity index (χ1n) is 9.71. The van der Waals surface area contributed by atoms with Gasteiger partial charge in [-0.2, -0.15) is 0 Å². The van der Waals surface area contributed by atoms with Gasteiger partial charge in [-0.15, -0.1) is 11.3 Å². The van der Waals surface area contributed by atoms with E-state index in [9.17, 15) is 18.0 Å². The summed E-state index contributed by atoms with van der Waals surface area (Å²) in [5.74, 6) is -0.0268. The standard InChI is InChI=1S/C21H26N2O4S2/c1-16(24)17-9-11-18(12-10-17)29(26,27)22(2)13-4-8-21(25)23-14-3-6-19(23)20-7-5-15-28-20/h5,7,9-12,15,19H,3-4,6,8,13-14H2,1-2H3/t19-/m0/s1. The number of Topliss-reactive ketones (excluding diaryl/α,β-unsaturated/α-hetero) is 1.